The Kier molecular flexibility index (Phi) is 4.00. The molecule has 0 aliphatic carbocycles. The van der Waals surface area contributed by atoms with E-state index >= 15 is 0 Å². The van der Waals surface area contributed by atoms with Gasteiger partial charge < -0.3 is 0 Å². The molecule has 0 aromatic carbocycles. The van der Waals surface area contributed by atoms with Crippen LogP contribution in [0.15, 0.2) is 0 Å². The van der Waals surface area contributed by atoms with E-state index in [1.54, 1.807) is 5.92 Å². The van der Waals surface area contributed by atoms with E-state index in [9.17, 15) is 0 Å². The molecule has 1 radical (unpaired) electrons. The van der Waals surface area contributed by atoms with Crippen LogP contribution < -0.4 is 0 Å². The lowest BCUT2D eigenvalue weighted by molar-refractivity contribution is 0.342. The molecule has 0 heterocycles. The number of rotatable bonds is 4. The lowest BCUT2D eigenvalue weighted by atomic mass is 9.74. The minimum atomic E-state index is 0.476. The molecule has 0 N–H and O–H groups in total. The van der Waals surface area contributed by atoms with Gasteiger partial charge in [-0.1, -0.05) is 41.0 Å². The summed E-state index contributed by atoms with van der Waals surface area (Å²) >= 11 is 0. The Labute approximate surface area is 66.0 Å². The fourth-order valence-electron chi connectivity index (χ4n) is 1.46. The third-order valence-electron chi connectivity index (χ3n) is 2.69. The van der Waals surface area contributed by atoms with Crippen LogP contribution in [0.5, 0.6) is 0 Å². The van der Waals surface area contributed by atoms with Gasteiger partial charge in [0, 0.05) is 0 Å². The van der Waals surface area contributed by atoms with Crippen molar-refractivity contribution in [3.05, 3.63) is 5.92 Å². The maximum Gasteiger partial charge on any atom is -0.0190 e. The van der Waals surface area contributed by atoms with Crippen molar-refractivity contribution >= 4 is 0 Å². The highest BCUT2D eigenvalue weighted by atomic mass is 14.3. The van der Waals surface area contributed by atoms with Crippen LogP contribution in [0.2, 0.25) is 0 Å². The molecule has 0 saturated carbocycles. The molecule has 0 amide bonds. The molecule has 10 heavy (non-hydrogen) atoms. The van der Waals surface area contributed by atoms with E-state index in [0.717, 1.165) is 0 Å². The van der Waals surface area contributed by atoms with Crippen LogP contribution in [0, 0.1) is 11.3 Å². The predicted octanol–water partition coefficient (Wildman–Crippen LogP) is 3.82. The van der Waals surface area contributed by atoms with Crippen molar-refractivity contribution in [2.75, 3.05) is 0 Å². The normalized spacial score (nSPS) is 12.6. The molecular formula is C10H21. The maximum absolute atomic E-state index is 2.34. The Bertz CT molecular complexity index is 78.0. The van der Waals surface area contributed by atoms with Gasteiger partial charge in [0.05, 0.1) is 0 Å². The first kappa shape index (κ1) is 10.0. The van der Waals surface area contributed by atoms with Crippen LogP contribution in [-0.2, 0) is 0 Å². The first-order chi connectivity index (χ1) is 4.58. The standard InChI is InChI=1S/C10H21/c1-6-9(7-2)10(4,5)8-3/h6-8H2,1-5H3. The molecule has 0 saturated heterocycles. The van der Waals surface area contributed by atoms with Gasteiger partial charge >= 0.3 is 0 Å². The first-order valence-electron chi connectivity index (χ1n) is 4.43. The minimum Gasteiger partial charge on any atom is -0.0649 e. The molecule has 0 nitrogen and oxygen atoms in total. The zero-order valence-electron chi connectivity index (χ0n) is 8.12. The molecule has 0 fully saturated rings. The molecule has 0 atom stereocenters. The largest absolute Gasteiger partial charge is 0.0649 e. The molecule has 0 spiro atoms. The summed E-state index contributed by atoms with van der Waals surface area (Å²) in [6, 6.07) is 0. The SMILES string of the molecule is CC[C](CC)C(C)(C)CC. The van der Waals surface area contributed by atoms with Crippen LogP contribution >= 0.6 is 0 Å². The topological polar surface area (TPSA) is 0 Å². The molecule has 0 aromatic rings. The van der Waals surface area contributed by atoms with Gasteiger partial charge in [-0.2, -0.15) is 0 Å². The Morgan fingerprint density at radius 3 is 1.50 bits per heavy atom. The molecule has 0 aliphatic rings. The summed E-state index contributed by atoms with van der Waals surface area (Å²) in [5.41, 5.74) is 0.476. The lowest BCUT2D eigenvalue weighted by Gasteiger charge is -2.31. The summed E-state index contributed by atoms with van der Waals surface area (Å²) in [5, 5.41) is 0. The predicted molar refractivity (Wildman–Crippen MR) is 47.9 cm³/mol. The highest BCUT2D eigenvalue weighted by Crippen LogP contribution is 2.36. The minimum absolute atomic E-state index is 0.476. The van der Waals surface area contributed by atoms with E-state index in [2.05, 4.69) is 34.6 Å². The molecule has 0 rings (SSSR count). The smallest absolute Gasteiger partial charge is 0.0190 e. The van der Waals surface area contributed by atoms with Crippen LogP contribution in [0.3, 0.4) is 0 Å². The highest BCUT2D eigenvalue weighted by molar-refractivity contribution is 4.99. The van der Waals surface area contributed by atoms with Crippen LogP contribution in [0.25, 0.3) is 0 Å². The van der Waals surface area contributed by atoms with Gasteiger partial charge in [0.15, 0.2) is 0 Å². The van der Waals surface area contributed by atoms with Gasteiger partial charge in [0.2, 0.25) is 0 Å². The van der Waals surface area contributed by atoms with Crippen LogP contribution in [0.4, 0.5) is 0 Å². The van der Waals surface area contributed by atoms with Gasteiger partial charge in [-0.3, -0.25) is 0 Å². The third kappa shape index (κ3) is 2.32. The summed E-state index contributed by atoms with van der Waals surface area (Å²) in [6.07, 6.45) is 3.76. The summed E-state index contributed by atoms with van der Waals surface area (Å²) in [7, 11) is 0. The number of hydrogen-bond donors (Lipinski definition) is 0. The summed E-state index contributed by atoms with van der Waals surface area (Å²) < 4.78 is 0. The van der Waals surface area contributed by atoms with Gasteiger partial charge in [-0.25, -0.2) is 0 Å². The van der Waals surface area contributed by atoms with Crippen molar-refractivity contribution < 1.29 is 0 Å². The fraction of sp³-hybridized carbons (Fsp3) is 0.900. The Hall–Kier alpha value is 0. The van der Waals surface area contributed by atoms with E-state index in [-0.39, 0.29) is 0 Å². The monoisotopic (exact) mass is 141 g/mol. The quantitative estimate of drug-likeness (QED) is 0.558. The van der Waals surface area contributed by atoms with Crippen molar-refractivity contribution in [3.8, 4) is 0 Å². The second-order valence-corrected chi connectivity index (χ2v) is 3.55. The molecule has 0 aromatic heterocycles. The van der Waals surface area contributed by atoms with Crippen molar-refractivity contribution in [3.63, 3.8) is 0 Å². The first-order valence-corrected chi connectivity index (χ1v) is 4.43. The van der Waals surface area contributed by atoms with Crippen LogP contribution in [0.1, 0.15) is 53.9 Å². The third-order valence-corrected chi connectivity index (χ3v) is 2.69. The summed E-state index contributed by atoms with van der Waals surface area (Å²) in [5.74, 6) is 1.70. The van der Waals surface area contributed by atoms with Crippen molar-refractivity contribution in [1.82, 2.24) is 0 Å². The van der Waals surface area contributed by atoms with Crippen molar-refractivity contribution in [1.29, 1.82) is 0 Å². The maximum atomic E-state index is 2.34. The van der Waals surface area contributed by atoms with E-state index < -0.39 is 0 Å². The van der Waals surface area contributed by atoms with Gasteiger partial charge in [0.25, 0.3) is 0 Å². The Balaban J connectivity index is 3.97. The average Bonchev–Trinajstić information content (AvgIpc) is 1.90. The highest BCUT2D eigenvalue weighted by Gasteiger charge is 2.24. The second-order valence-electron chi connectivity index (χ2n) is 3.55. The summed E-state index contributed by atoms with van der Waals surface area (Å²) in [6.45, 7) is 11.5. The molecule has 0 aliphatic heterocycles. The van der Waals surface area contributed by atoms with Crippen molar-refractivity contribution in [2.45, 2.75) is 53.9 Å². The molecule has 61 valence electrons. The van der Waals surface area contributed by atoms with E-state index in [1.807, 2.05) is 0 Å². The van der Waals surface area contributed by atoms with E-state index in [4.69, 9.17) is 0 Å². The molecule has 0 bridgehead atoms. The summed E-state index contributed by atoms with van der Waals surface area (Å²) in [4.78, 5) is 0. The molecule has 0 heteroatoms. The van der Waals surface area contributed by atoms with Gasteiger partial charge in [-0.05, 0) is 24.2 Å². The molecular weight excluding hydrogens is 120 g/mol. The average molecular weight is 141 g/mol. The second kappa shape index (κ2) is 4.00. The van der Waals surface area contributed by atoms with E-state index in [1.165, 1.54) is 19.3 Å². The van der Waals surface area contributed by atoms with Gasteiger partial charge in [-0.15, -0.1) is 0 Å². The number of hydrogen-bond acceptors (Lipinski definition) is 0. The van der Waals surface area contributed by atoms with Crippen LogP contribution in [-0.4, -0.2) is 0 Å². The zero-order valence-corrected chi connectivity index (χ0v) is 8.12. The Morgan fingerprint density at radius 2 is 1.40 bits per heavy atom. The van der Waals surface area contributed by atoms with E-state index in [0.29, 0.717) is 5.41 Å². The molecule has 0 unspecified atom stereocenters. The fourth-order valence-corrected chi connectivity index (χ4v) is 1.46. The lowest BCUT2D eigenvalue weighted by Crippen LogP contribution is -2.19. The Morgan fingerprint density at radius 1 is 1.00 bits per heavy atom. The zero-order chi connectivity index (χ0) is 8.20. The van der Waals surface area contributed by atoms with Gasteiger partial charge in [0.1, 0.15) is 0 Å². The van der Waals surface area contributed by atoms with Crippen molar-refractivity contribution in [2.24, 2.45) is 5.41 Å².